The van der Waals surface area contributed by atoms with E-state index in [9.17, 15) is 14.4 Å². The summed E-state index contributed by atoms with van der Waals surface area (Å²) < 4.78 is 1.64. The molecule has 8 nitrogen and oxygen atoms in total. The maximum Gasteiger partial charge on any atom is 0.274 e. The Morgan fingerprint density at radius 3 is 2.70 bits per heavy atom. The van der Waals surface area contributed by atoms with Crippen molar-refractivity contribution in [3.05, 3.63) is 53.1 Å². The molecule has 0 spiro atoms. The molecule has 0 radical (unpaired) electrons. The van der Waals surface area contributed by atoms with Crippen LogP contribution in [-0.2, 0) is 17.9 Å². The van der Waals surface area contributed by atoms with Crippen molar-refractivity contribution in [2.24, 2.45) is 0 Å². The first-order valence-corrected chi connectivity index (χ1v) is 10.4. The molecule has 2 aromatic rings. The third kappa shape index (κ3) is 3.46. The molecule has 4 rings (SSSR count). The lowest BCUT2D eigenvalue weighted by Gasteiger charge is -2.44. The maximum atomic E-state index is 13.4. The van der Waals surface area contributed by atoms with Crippen LogP contribution in [-0.4, -0.2) is 50.3 Å². The van der Waals surface area contributed by atoms with Crippen LogP contribution in [0.4, 0.5) is 0 Å². The molecule has 1 unspecified atom stereocenters. The zero-order valence-corrected chi connectivity index (χ0v) is 17.6. The Hall–Kier alpha value is -3.16. The fraction of sp³-hybridized carbons (Fsp3) is 0.455. The number of aromatic nitrogens is 2. The van der Waals surface area contributed by atoms with Crippen molar-refractivity contribution in [2.45, 2.75) is 58.3 Å². The van der Waals surface area contributed by atoms with E-state index in [1.54, 1.807) is 16.4 Å². The standard InChI is InChI=1S/C22H27N5O3/c1-4-23-19(28)17-18-20(29)27(16-8-9-16)22(3,12-26(18)13-25-17)21(30)24-11-15-7-5-6-14(2)10-15/h5-7,10,13,16H,4,8-9,11-12H2,1-3H3,(H,23,28)(H,24,30). The number of rotatable bonds is 6. The Morgan fingerprint density at radius 1 is 1.27 bits per heavy atom. The van der Waals surface area contributed by atoms with Gasteiger partial charge < -0.3 is 20.1 Å². The van der Waals surface area contributed by atoms with Gasteiger partial charge in [-0.1, -0.05) is 29.8 Å². The van der Waals surface area contributed by atoms with Crippen LogP contribution in [0.15, 0.2) is 30.6 Å². The molecule has 0 saturated heterocycles. The molecule has 2 heterocycles. The molecule has 1 saturated carbocycles. The minimum Gasteiger partial charge on any atom is -0.351 e. The van der Waals surface area contributed by atoms with Gasteiger partial charge in [0.05, 0.1) is 12.9 Å². The zero-order chi connectivity index (χ0) is 21.5. The molecule has 1 aliphatic carbocycles. The summed E-state index contributed by atoms with van der Waals surface area (Å²) in [5.41, 5.74) is 1.47. The van der Waals surface area contributed by atoms with Crippen molar-refractivity contribution in [3.63, 3.8) is 0 Å². The number of benzene rings is 1. The second kappa shape index (κ2) is 7.59. The van der Waals surface area contributed by atoms with E-state index < -0.39 is 5.54 Å². The van der Waals surface area contributed by atoms with Crippen molar-refractivity contribution >= 4 is 17.7 Å². The summed E-state index contributed by atoms with van der Waals surface area (Å²) in [7, 11) is 0. The van der Waals surface area contributed by atoms with Gasteiger partial charge in [-0.2, -0.15) is 0 Å². The molecular weight excluding hydrogens is 382 g/mol. The van der Waals surface area contributed by atoms with Crippen molar-refractivity contribution < 1.29 is 14.4 Å². The average molecular weight is 409 g/mol. The molecule has 1 atom stereocenters. The molecule has 1 aliphatic heterocycles. The zero-order valence-electron chi connectivity index (χ0n) is 17.6. The van der Waals surface area contributed by atoms with Crippen LogP contribution in [0.3, 0.4) is 0 Å². The van der Waals surface area contributed by atoms with Crippen molar-refractivity contribution in [3.8, 4) is 0 Å². The maximum absolute atomic E-state index is 13.4. The van der Waals surface area contributed by atoms with Crippen molar-refractivity contribution in [1.29, 1.82) is 0 Å². The van der Waals surface area contributed by atoms with E-state index in [0.717, 1.165) is 24.0 Å². The first kappa shape index (κ1) is 20.1. The van der Waals surface area contributed by atoms with Crippen LogP contribution < -0.4 is 10.6 Å². The fourth-order valence-electron chi connectivity index (χ4n) is 4.16. The highest BCUT2D eigenvalue weighted by Gasteiger charge is 2.53. The number of hydrogen-bond acceptors (Lipinski definition) is 4. The smallest absolute Gasteiger partial charge is 0.274 e. The molecule has 1 aromatic carbocycles. The normalized spacial score (nSPS) is 20.6. The molecule has 3 amide bonds. The predicted octanol–water partition coefficient (Wildman–Crippen LogP) is 1.63. The third-order valence-corrected chi connectivity index (χ3v) is 5.76. The summed E-state index contributed by atoms with van der Waals surface area (Å²) in [6.07, 6.45) is 3.20. The second-order valence-electron chi connectivity index (χ2n) is 8.28. The van der Waals surface area contributed by atoms with Crippen LogP contribution in [0, 0.1) is 6.92 Å². The molecule has 0 bridgehead atoms. The largest absolute Gasteiger partial charge is 0.351 e. The van der Waals surface area contributed by atoms with Crippen LogP contribution in [0.2, 0.25) is 0 Å². The molecule has 158 valence electrons. The summed E-state index contributed by atoms with van der Waals surface area (Å²) in [6.45, 7) is 6.72. The third-order valence-electron chi connectivity index (χ3n) is 5.76. The lowest BCUT2D eigenvalue weighted by atomic mass is 9.93. The molecule has 2 aliphatic rings. The number of nitrogens with zero attached hydrogens (tertiary/aromatic N) is 3. The number of carbonyl (C=O) groups is 3. The predicted molar refractivity (Wildman–Crippen MR) is 111 cm³/mol. The summed E-state index contributed by atoms with van der Waals surface area (Å²) in [5, 5.41) is 5.70. The average Bonchev–Trinajstić information content (AvgIpc) is 3.44. The van der Waals surface area contributed by atoms with Gasteiger partial charge >= 0.3 is 0 Å². The highest BCUT2D eigenvalue weighted by Crippen LogP contribution is 2.38. The fourth-order valence-corrected chi connectivity index (χ4v) is 4.16. The molecule has 1 aromatic heterocycles. The van der Waals surface area contributed by atoms with Gasteiger partial charge in [0, 0.05) is 19.1 Å². The van der Waals surface area contributed by atoms with E-state index in [-0.39, 0.29) is 41.7 Å². The van der Waals surface area contributed by atoms with E-state index in [1.807, 2.05) is 38.1 Å². The van der Waals surface area contributed by atoms with Crippen LogP contribution in [0.1, 0.15) is 58.8 Å². The number of carbonyl (C=O) groups excluding carboxylic acids is 3. The van der Waals surface area contributed by atoms with Crippen molar-refractivity contribution in [1.82, 2.24) is 25.1 Å². The van der Waals surface area contributed by atoms with Gasteiger partial charge in [0.1, 0.15) is 11.2 Å². The Kier molecular flexibility index (Phi) is 5.09. The Balaban J connectivity index is 1.62. The summed E-state index contributed by atoms with van der Waals surface area (Å²) >= 11 is 0. The molecule has 1 fully saturated rings. The highest BCUT2D eigenvalue weighted by atomic mass is 16.2. The van der Waals surface area contributed by atoms with E-state index >= 15 is 0 Å². The minimum absolute atomic E-state index is 0.0120. The summed E-state index contributed by atoms with van der Waals surface area (Å²) in [5.74, 6) is -0.887. The first-order valence-electron chi connectivity index (χ1n) is 10.4. The van der Waals surface area contributed by atoms with Gasteiger partial charge in [-0.3, -0.25) is 14.4 Å². The van der Waals surface area contributed by atoms with E-state index in [2.05, 4.69) is 15.6 Å². The van der Waals surface area contributed by atoms with E-state index in [4.69, 9.17) is 0 Å². The Morgan fingerprint density at radius 2 is 2.03 bits per heavy atom. The minimum atomic E-state index is -1.05. The molecule has 2 N–H and O–H groups in total. The second-order valence-corrected chi connectivity index (χ2v) is 8.28. The van der Waals surface area contributed by atoms with Gasteiger partial charge in [-0.05, 0) is 39.2 Å². The lowest BCUT2D eigenvalue weighted by molar-refractivity contribution is -0.133. The Bertz CT molecular complexity index is 1010. The lowest BCUT2D eigenvalue weighted by Crippen LogP contribution is -2.64. The van der Waals surface area contributed by atoms with Gasteiger partial charge in [0.15, 0.2) is 5.69 Å². The van der Waals surface area contributed by atoms with Gasteiger partial charge in [0.2, 0.25) is 5.91 Å². The summed E-state index contributed by atoms with van der Waals surface area (Å²) in [6, 6.07) is 7.97. The molecule has 8 heteroatoms. The number of hydrogen-bond donors (Lipinski definition) is 2. The molecular formula is C22H27N5O3. The van der Waals surface area contributed by atoms with E-state index in [1.165, 1.54) is 6.33 Å². The first-order chi connectivity index (χ1) is 14.3. The van der Waals surface area contributed by atoms with Crippen LogP contribution in [0.5, 0.6) is 0 Å². The monoisotopic (exact) mass is 409 g/mol. The summed E-state index contributed by atoms with van der Waals surface area (Å²) in [4.78, 5) is 44.9. The van der Waals surface area contributed by atoms with Gasteiger partial charge in [-0.15, -0.1) is 0 Å². The highest BCUT2D eigenvalue weighted by molar-refractivity contribution is 6.07. The SMILES string of the molecule is CCNC(=O)c1ncn2c1C(=O)N(C1CC1)C(C)(C(=O)NCc1cccc(C)c1)C2. The van der Waals surface area contributed by atoms with Gasteiger partial charge in [0.25, 0.3) is 11.8 Å². The van der Waals surface area contributed by atoms with Crippen LogP contribution in [0.25, 0.3) is 0 Å². The Labute approximate surface area is 175 Å². The number of imidazole rings is 1. The number of nitrogens with one attached hydrogen (secondary N) is 2. The quantitative estimate of drug-likeness (QED) is 0.758. The topological polar surface area (TPSA) is 96.3 Å². The number of amides is 3. The number of aryl methyl sites for hydroxylation is 1. The van der Waals surface area contributed by atoms with Gasteiger partial charge in [-0.25, -0.2) is 4.98 Å². The van der Waals surface area contributed by atoms with E-state index in [0.29, 0.717) is 13.1 Å². The molecule has 30 heavy (non-hydrogen) atoms. The van der Waals surface area contributed by atoms with Crippen molar-refractivity contribution in [2.75, 3.05) is 6.54 Å². The number of fused-ring (bicyclic) bond motifs is 1. The van der Waals surface area contributed by atoms with Crippen LogP contribution >= 0.6 is 0 Å².